The summed E-state index contributed by atoms with van der Waals surface area (Å²) in [5, 5.41) is 40.5. The summed E-state index contributed by atoms with van der Waals surface area (Å²) in [5.74, 6) is -0.977. The van der Waals surface area contributed by atoms with E-state index in [0.29, 0.717) is 45.3 Å². The molecule has 4 N–H and O–H groups in total. The topological polar surface area (TPSA) is 173 Å². The standard InChI is InChI=1S/2C19H16N4O.Cu/c2*20-16-11-5-4-10-15(16)19(24)23-22-18(14-8-2-1-3-9-14)17-12-6-7-13-21-17;/h2*1-13H,20H2,(H,23,24);/q;;+2/p-2/b2*22-18+;. The summed E-state index contributed by atoms with van der Waals surface area (Å²) in [6, 6.07) is 43.5. The SMILES string of the molecule is Nc1ccccc1/C([O-])=N/N=C(\c1ccccc1)c1ccccn1.Nc1ccccc1/C([O-])=N/N=C(\c1ccccc1)c1ccccn1.[Cu+2]. The van der Waals surface area contributed by atoms with Crippen LogP contribution in [0, 0.1) is 0 Å². The first-order valence-corrected chi connectivity index (χ1v) is 14.8. The second-order valence-corrected chi connectivity index (χ2v) is 10.0. The maximum Gasteiger partial charge on any atom is 2.00 e. The molecule has 245 valence electrons. The zero-order chi connectivity index (χ0) is 33.6. The number of para-hydroxylation sites is 2. The van der Waals surface area contributed by atoms with Crippen LogP contribution in [0.1, 0.15) is 33.6 Å². The Morgan fingerprint density at radius 2 is 0.776 bits per heavy atom. The van der Waals surface area contributed by atoms with E-state index < -0.39 is 11.8 Å². The number of nitrogens with zero attached hydrogens (tertiary/aromatic N) is 6. The fourth-order valence-corrected chi connectivity index (χ4v) is 4.39. The van der Waals surface area contributed by atoms with Gasteiger partial charge >= 0.3 is 17.1 Å². The molecule has 0 atom stereocenters. The van der Waals surface area contributed by atoms with Gasteiger partial charge in [0.15, 0.2) is 0 Å². The molecule has 0 aliphatic heterocycles. The maximum atomic E-state index is 12.3. The molecule has 0 fully saturated rings. The minimum Gasteiger partial charge on any atom is -0.857 e. The van der Waals surface area contributed by atoms with E-state index in [9.17, 15) is 10.2 Å². The molecular formula is C38H30CuN8O2. The fraction of sp³-hybridized carbons (Fsp3) is 0. The molecular weight excluding hydrogens is 664 g/mol. The monoisotopic (exact) mass is 693 g/mol. The van der Waals surface area contributed by atoms with E-state index in [4.69, 9.17) is 11.5 Å². The van der Waals surface area contributed by atoms with Gasteiger partial charge in [0.1, 0.15) is 11.4 Å². The molecule has 10 nitrogen and oxygen atoms in total. The van der Waals surface area contributed by atoms with Crippen LogP contribution < -0.4 is 21.7 Å². The first-order chi connectivity index (χ1) is 23.5. The number of anilines is 2. The quantitative estimate of drug-likeness (QED) is 0.0784. The molecule has 1 radical (unpaired) electrons. The molecule has 0 amide bonds. The van der Waals surface area contributed by atoms with E-state index in [2.05, 4.69) is 30.4 Å². The van der Waals surface area contributed by atoms with Crippen molar-refractivity contribution in [1.82, 2.24) is 9.97 Å². The second-order valence-electron chi connectivity index (χ2n) is 10.0. The number of nitrogen functional groups attached to an aromatic ring is 2. The van der Waals surface area contributed by atoms with Crippen molar-refractivity contribution >= 4 is 34.6 Å². The summed E-state index contributed by atoms with van der Waals surface area (Å²) in [7, 11) is 0. The summed E-state index contributed by atoms with van der Waals surface area (Å²) in [5.41, 5.74) is 17.0. The summed E-state index contributed by atoms with van der Waals surface area (Å²) < 4.78 is 0. The first-order valence-electron chi connectivity index (χ1n) is 14.8. The predicted molar refractivity (Wildman–Crippen MR) is 187 cm³/mol. The van der Waals surface area contributed by atoms with Crippen molar-refractivity contribution in [3.63, 3.8) is 0 Å². The Morgan fingerprint density at radius 1 is 0.429 bits per heavy atom. The largest absolute Gasteiger partial charge is 2.00 e. The molecule has 0 spiro atoms. The Morgan fingerprint density at radius 3 is 1.12 bits per heavy atom. The van der Waals surface area contributed by atoms with Crippen LogP contribution in [0.25, 0.3) is 0 Å². The van der Waals surface area contributed by atoms with E-state index in [0.717, 1.165) is 11.1 Å². The predicted octanol–water partition coefficient (Wildman–Crippen LogP) is 4.44. The van der Waals surface area contributed by atoms with E-state index in [1.165, 1.54) is 0 Å². The molecule has 4 aromatic carbocycles. The van der Waals surface area contributed by atoms with Gasteiger partial charge in [-0.1, -0.05) is 109 Å². The van der Waals surface area contributed by atoms with Gasteiger partial charge in [-0.3, -0.25) is 9.97 Å². The van der Waals surface area contributed by atoms with Crippen LogP contribution in [0.15, 0.2) is 178 Å². The second kappa shape index (κ2) is 18.1. The molecule has 6 rings (SSSR count). The molecule has 0 saturated carbocycles. The van der Waals surface area contributed by atoms with Gasteiger partial charge in [-0.25, -0.2) is 0 Å². The van der Waals surface area contributed by atoms with Crippen molar-refractivity contribution in [3.8, 4) is 0 Å². The number of benzene rings is 4. The number of rotatable bonds is 8. The van der Waals surface area contributed by atoms with Crippen LogP contribution in [-0.2, 0) is 17.1 Å². The minimum absolute atomic E-state index is 0. The summed E-state index contributed by atoms with van der Waals surface area (Å²) in [6.07, 6.45) is 3.34. The third-order valence-corrected chi connectivity index (χ3v) is 6.77. The average molecular weight is 694 g/mol. The smallest absolute Gasteiger partial charge is 0.857 e. The van der Waals surface area contributed by atoms with Crippen molar-refractivity contribution in [2.24, 2.45) is 20.4 Å². The molecule has 0 bridgehead atoms. The molecule has 0 saturated heterocycles. The Hall–Kier alpha value is -6.42. The summed E-state index contributed by atoms with van der Waals surface area (Å²) in [4.78, 5) is 8.59. The van der Waals surface area contributed by atoms with E-state index in [-0.39, 0.29) is 17.1 Å². The van der Waals surface area contributed by atoms with Crippen LogP contribution in [0.3, 0.4) is 0 Å². The minimum atomic E-state index is -0.488. The summed E-state index contributed by atoms with van der Waals surface area (Å²) in [6.45, 7) is 0. The third kappa shape index (κ3) is 9.79. The molecule has 2 heterocycles. The van der Waals surface area contributed by atoms with E-state index >= 15 is 0 Å². The van der Waals surface area contributed by atoms with Gasteiger partial charge in [-0.05, 0) is 36.4 Å². The van der Waals surface area contributed by atoms with Crippen LogP contribution in [0.2, 0.25) is 0 Å². The molecule has 11 heteroatoms. The zero-order valence-electron chi connectivity index (χ0n) is 26.0. The van der Waals surface area contributed by atoms with Gasteiger partial charge in [-0.2, -0.15) is 10.2 Å². The van der Waals surface area contributed by atoms with Gasteiger partial charge in [0.25, 0.3) is 0 Å². The Labute approximate surface area is 294 Å². The number of aromatic nitrogens is 2. The van der Waals surface area contributed by atoms with E-state index in [1.807, 2.05) is 97.1 Å². The molecule has 6 aromatic rings. The molecule has 49 heavy (non-hydrogen) atoms. The van der Waals surface area contributed by atoms with Crippen LogP contribution in [-0.4, -0.2) is 33.2 Å². The first kappa shape index (κ1) is 35.4. The van der Waals surface area contributed by atoms with Gasteiger partial charge in [0, 0.05) is 57.8 Å². The number of nitrogens with two attached hydrogens (primary N) is 2. The van der Waals surface area contributed by atoms with E-state index in [1.54, 1.807) is 60.9 Å². The van der Waals surface area contributed by atoms with Crippen molar-refractivity contribution in [2.75, 3.05) is 11.5 Å². The number of pyridine rings is 2. The third-order valence-electron chi connectivity index (χ3n) is 6.77. The summed E-state index contributed by atoms with van der Waals surface area (Å²) >= 11 is 0. The van der Waals surface area contributed by atoms with Gasteiger partial charge in [0.05, 0.1) is 11.4 Å². The molecule has 0 unspecified atom stereocenters. The molecule has 0 aliphatic rings. The van der Waals surface area contributed by atoms with Crippen LogP contribution in [0.4, 0.5) is 11.4 Å². The Kier molecular flexibility index (Phi) is 13.1. The number of hydrogen-bond acceptors (Lipinski definition) is 10. The van der Waals surface area contributed by atoms with Gasteiger partial charge in [-0.15, -0.1) is 10.2 Å². The van der Waals surface area contributed by atoms with Crippen LogP contribution >= 0.6 is 0 Å². The van der Waals surface area contributed by atoms with Crippen molar-refractivity contribution < 1.29 is 27.3 Å². The average Bonchev–Trinajstić information content (AvgIpc) is 3.14. The van der Waals surface area contributed by atoms with Crippen molar-refractivity contribution in [2.45, 2.75) is 0 Å². The normalized spacial score (nSPS) is 11.9. The Balaban J connectivity index is 0.000000216. The molecule has 0 aliphatic carbocycles. The fourth-order valence-electron chi connectivity index (χ4n) is 4.39. The number of hydrogen-bond donors (Lipinski definition) is 2. The Bertz CT molecular complexity index is 1820. The van der Waals surface area contributed by atoms with Crippen molar-refractivity contribution in [1.29, 1.82) is 0 Å². The van der Waals surface area contributed by atoms with Crippen molar-refractivity contribution in [3.05, 3.63) is 192 Å². The zero-order valence-corrected chi connectivity index (χ0v) is 26.9. The van der Waals surface area contributed by atoms with Gasteiger partial charge in [0.2, 0.25) is 0 Å². The van der Waals surface area contributed by atoms with Gasteiger partial charge < -0.3 is 21.7 Å². The maximum absolute atomic E-state index is 12.3. The molecule has 2 aromatic heterocycles. The van der Waals surface area contributed by atoms with Crippen LogP contribution in [0.5, 0.6) is 0 Å².